The van der Waals surface area contributed by atoms with Gasteiger partial charge in [0.15, 0.2) is 0 Å². The van der Waals surface area contributed by atoms with Crippen molar-refractivity contribution in [3.05, 3.63) is 46.2 Å². The van der Waals surface area contributed by atoms with Crippen molar-refractivity contribution in [2.45, 2.75) is 26.8 Å². The largest absolute Gasteiger partial charge is 0.478 e. The summed E-state index contributed by atoms with van der Waals surface area (Å²) in [6.45, 7) is 3.83. The normalized spacial score (nSPS) is 12.0. The van der Waals surface area contributed by atoms with Gasteiger partial charge in [-0.2, -0.15) is 5.10 Å². The zero-order valence-corrected chi connectivity index (χ0v) is 10.8. The molecular weight excluding hydrogens is 246 g/mol. The molecule has 100 valence electrons. The molecule has 19 heavy (non-hydrogen) atoms. The molecular formula is C13H15N3O3. The predicted molar refractivity (Wildman–Crippen MR) is 70.2 cm³/mol. The van der Waals surface area contributed by atoms with Gasteiger partial charge in [0, 0.05) is 24.5 Å². The van der Waals surface area contributed by atoms with Gasteiger partial charge < -0.3 is 9.67 Å². The highest BCUT2D eigenvalue weighted by atomic mass is 16.4. The van der Waals surface area contributed by atoms with Gasteiger partial charge in [0.1, 0.15) is 5.52 Å². The van der Waals surface area contributed by atoms with Gasteiger partial charge >= 0.3 is 5.97 Å². The Bertz CT molecular complexity index is 709. The lowest BCUT2D eigenvalue weighted by Crippen LogP contribution is -2.21. The van der Waals surface area contributed by atoms with E-state index < -0.39 is 5.97 Å². The maximum absolute atomic E-state index is 12.1. The van der Waals surface area contributed by atoms with E-state index in [0.717, 1.165) is 5.69 Å². The first-order valence-corrected chi connectivity index (χ1v) is 6.00. The smallest absolute Gasteiger partial charge is 0.331 e. The Morgan fingerprint density at radius 1 is 1.47 bits per heavy atom. The van der Waals surface area contributed by atoms with Crippen molar-refractivity contribution in [1.29, 1.82) is 0 Å². The summed E-state index contributed by atoms with van der Waals surface area (Å²) < 4.78 is 2.99. The van der Waals surface area contributed by atoms with Crippen LogP contribution < -0.4 is 5.56 Å². The molecule has 2 rings (SSSR count). The number of aliphatic carboxylic acids is 1. The lowest BCUT2D eigenvalue weighted by atomic mass is 10.2. The minimum Gasteiger partial charge on any atom is -0.478 e. The topological polar surface area (TPSA) is 76.6 Å². The molecule has 0 radical (unpaired) electrons. The minimum absolute atomic E-state index is 0.180. The van der Waals surface area contributed by atoms with E-state index in [4.69, 9.17) is 5.11 Å². The van der Waals surface area contributed by atoms with Gasteiger partial charge in [-0.1, -0.05) is 13.0 Å². The van der Waals surface area contributed by atoms with Gasteiger partial charge in [0.05, 0.1) is 5.69 Å². The number of fused-ring (bicyclic) bond motifs is 1. The molecule has 2 aromatic rings. The van der Waals surface area contributed by atoms with Crippen molar-refractivity contribution >= 4 is 11.5 Å². The average molecular weight is 261 g/mol. The molecule has 0 fully saturated rings. The number of hydrogen-bond donors (Lipinski definition) is 1. The van der Waals surface area contributed by atoms with E-state index in [1.165, 1.54) is 9.08 Å². The van der Waals surface area contributed by atoms with Crippen molar-refractivity contribution in [1.82, 2.24) is 14.2 Å². The molecule has 0 saturated carbocycles. The molecule has 0 aliphatic carbocycles. The van der Waals surface area contributed by atoms with E-state index in [1.807, 2.05) is 6.92 Å². The third-order valence-corrected chi connectivity index (χ3v) is 2.92. The van der Waals surface area contributed by atoms with Gasteiger partial charge in [-0.3, -0.25) is 4.79 Å². The molecule has 0 amide bonds. The highest BCUT2D eigenvalue weighted by molar-refractivity contribution is 5.86. The van der Waals surface area contributed by atoms with Crippen molar-refractivity contribution in [2.24, 2.45) is 0 Å². The molecule has 0 saturated heterocycles. The number of aryl methyl sites for hydroxylation is 1. The minimum atomic E-state index is -0.947. The zero-order valence-electron chi connectivity index (χ0n) is 10.8. The van der Waals surface area contributed by atoms with E-state index in [-0.39, 0.29) is 12.1 Å². The van der Waals surface area contributed by atoms with Crippen molar-refractivity contribution in [3.63, 3.8) is 0 Å². The predicted octanol–water partition coefficient (Wildman–Crippen LogP) is 1.23. The van der Waals surface area contributed by atoms with Gasteiger partial charge in [-0.05, 0) is 19.4 Å². The van der Waals surface area contributed by atoms with Crippen LogP contribution in [0.15, 0.2) is 34.9 Å². The first kappa shape index (κ1) is 13.1. The third-order valence-electron chi connectivity index (χ3n) is 2.92. The van der Waals surface area contributed by atoms with Crippen molar-refractivity contribution in [3.8, 4) is 0 Å². The molecule has 6 heteroatoms. The number of hydrogen-bond acceptors (Lipinski definition) is 3. The number of carboxylic acids is 1. The second-order valence-electron chi connectivity index (χ2n) is 4.26. The number of nitrogens with zero attached hydrogens (tertiary/aromatic N) is 3. The van der Waals surface area contributed by atoms with Crippen LogP contribution in [0.2, 0.25) is 0 Å². The lowest BCUT2D eigenvalue weighted by Gasteiger charge is -2.03. The van der Waals surface area contributed by atoms with E-state index >= 15 is 0 Å². The lowest BCUT2D eigenvalue weighted by molar-refractivity contribution is -0.132. The van der Waals surface area contributed by atoms with E-state index in [9.17, 15) is 9.59 Å². The van der Waals surface area contributed by atoms with E-state index in [0.29, 0.717) is 17.5 Å². The molecule has 0 spiro atoms. The highest BCUT2D eigenvalue weighted by Gasteiger charge is 2.06. The number of rotatable bonds is 4. The fourth-order valence-corrected chi connectivity index (χ4v) is 1.88. The summed E-state index contributed by atoms with van der Waals surface area (Å²) in [7, 11) is 0. The highest BCUT2D eigenvalue weighted by Crippen LogP contribution is 2.03. The quantitative estimate of drug-likeness (QED) is 0.840. The molecule has 2 heterocycles. The maximum Gasteiger partial charge on any atom is 0.331 e. The fraction of sp³-hybridized carbons (Fsp3) is 0.308. The van der Waals surface area contributed by atoms with Crippen LogP contribution in [0.3, 0.4) is 0 Å². The van der Waals surface area contributed by atoms with Crippen molar-refractivity contribution in [2.75, 3.05) is 0 Å². The van der Waals surface area contributed by atoms with Crippen LogP contribution >= 0.6 is 0 Å². The van der Waals surface area contributed by atoms with Crippen LogP contribution in [0, 0.1) is 6.92 Å². The van der Waals surface area contributed by atoms with Gasteiger partial charge in [0.25, 0.3) is 5.56 Å². The van der Waals surface area contributed by atoms with Crippen LogP contribution in [0.4, 0.5) is 0 Å². The Morgan fingerprint density at radius 3 is 2.84 bits per heavy atom. The standard InChI is InChI=1S/C13H15N3O3/c1-3-10(13(18)19)4-5-15-6-7-16-11(12(15)17)8-9(2)14-16/h4,6-8H,3,5H2,1-2H3,(H,18,19)/b10-4-. The first-order valence-electron chi connectivity index (χ1n) is 6.00. The second kappa shape index (κ2) is 5.09. The summed E-state index contributed by atoms with van der Waals surface area (Å²) in [4.78, 5) is 23.0. The van der Waals surface area contributed by atoms with Gasteiger partial charge in [-0.25, -0.2) is 9.31 Å². The van der Waals surface area contributed by atoms with Crippen LogP contribution in [-0.4, -0.2) is 25.3 Å². The fourth-order valence-electron chi connectivity index (χ4n) is 1.88. The Kier molecular flexibility index (Phi) is 3.50. The molecule has 0 aliphatic heterocycles. The summed E-state index contributed by atoms with van der Waals surface area (Å²) in [6.07, 6.45) is 5.28. The molecule has 0 aromatic carbocycles. The Hall–Kier alpha value is -2.37. The number of carboxylic acid groups (broad SMARTS) is 1. The SMILES string of the molecule is CC/C(=C/Cn1ccn2nc(C)cc2c1=O)C(=O)O. The Morgan fingerprint density at radius 2 is 2.21 bits per heavy atom. The maximum atomic E-state index is 12.1. The van der Waals surface area contributed by atoms with Crippen LogP contribution in [0.1, 0.15) is 19.0 Å². The number of allylic oxidation sites excluding steroid dienone is 1. The van der Waals surface area contributed by atoms with Crippen molar-refractivity contribution < 1.29 is 9.90 Å². The molecule has 0 bridgehead atoms. The average Bonchev–Trinajstić information content (AvgIpc) is 2.74. The Balaban J connectivity index is 2.39. The van der Waals surface area contributed by atoms with Gasteiger partial charge in [0.2, 0.25) is 0 Å². The van der Waals surface area contributed by atoms with E-state index in [2.05, 4.69) is 5.10 Å². The van der Waals surface area contributed by atoms with Gasteiger partial charge in [-0.15, -0.1) is 0 Å². The van der Waals surface area contributed by atoms with E-state index in [1.54, 1.807) is 31.5 Å². The summed E-state index contributed by atoms with van der Waals surface area (Å²) >= 11 is 0. The molecule has 1 N–H and O–H groups in total. The monoisotopic (exact) mass is 261 g/mol. The van der Waals surface area contributed by atoms with Crippen LogP contribution in [0.25, 0.3) is 5.52 Å². The Labute approximate surface area is 109 Å². The molecule has 2 aromatic heterocycles. The summed E-state index contributed by atoms with van der Waals surface area (Å²) in [5.74, 6) is -0.947. The zero-order chi connectivity index (χ0) is 14.0. The molecule has 0 aliphatic rings. The number of aromatic nitrogens is 3. The molecule has 6 nitrogen and oxygen atoms in total. The molecule has 0 atom stereocenters. The summed E-state index contributed by atoms with van der Waals surface area (Å²) in [5, 5.41) is 13.1. The molecule has 0 unspecified atom stereocenters. The first-order chi connectivity index (χ1) is 9.02. The van der Waals surface area contributed by atoms with Crippen LogP contribution in [-0.2, 0) is 11.3 Å². The summed E-state index contributed by atoms with van der Waals surface area (Å²) in [6, 6.07) is 1.71. The van der Waals surface area contributed by atoms with Crippen LogP contribution in [0.5, 0.6) is 0 Å². The number of carbonyl (C=O) groups is 1. The second-order valence-corrected chi connectivity index (χ2v) is 4.26. The summed E-state index contributed by atoms with van der Waals surface area (Å²) in [5.41, 5.74) is 1.38. The third kappa shape index (κ3) is 2.57.